The van der Waals surface area contributed by atoms with Crippen LogP contribution in [0, 0.1) is 0 Å². The van der Waals surface area contributed by atoms with Gasteiger partial charge in [0.25, 0.3) is 0 Å². The van der Waals surface area contributed by atoms with Crippen LogP contribution in [0.15, 0.2) is 12.2 Å². The van der Waals surface area contributed by atoms with E-state index in [2.05, 4.69) is 0 Å². The molecule has 0 spiro atoms. The van der Waals surface area contributed by atoms with Crippen molar-refractivity contribution in [1.82, 2.24) is 0 Å². The van der Waals surface area contributed by atoms with Crippen LogP contribution in [0.2, 0.25) is 0 Å². The maximum atomic E-state index is 9.12. The molecule has 46 valence electrons. The zero-order valence-corrected chi connectivity index (χ0v) is 4.83. The maximum absolute atomic E-state index is 9.12. The zero-order chi connectivity index (χ0) is 6.20. The molecule has 2 atom stereocenters. The van der Waals surface area contributed by atoms with Crippen LogP contribution in [0.4, 0.5) is 0 Å². The third-order valence-electron chi connectivity index (χ3n) is 1.30. The summed E-state index contributed by atoms with van der Waals surface area (Å²) in [4.78, 5) is 0. The molecule has 1 aliphatic carbocycles. The Bertz CT molecular complexity index is 116. The van der Waals surface area contributed by atoms with E-state index >= 15 is 0 Å². The molecule has 2 nitrogen and oxygen atoms in total. The molecular weight excluding hydrogens is 104 g/mol. The first kappa shape index (κ1) is 5.79. The summed E-state index contributed by atoms with van der Waals surface area (Å²) in [5.74, 6) is 0. The topological polar surface area (TPSA) is 40.5 Å². The second-order valence-electron chi connectivity index (χ2n) is 2.49. The first-order valence-corrected chi connectivity index (χ1v) is 2.70. The number of hydrogen-bond donors (Lipinski definition) is 2. The highest BCUT2D eigenvalue weighted by atomic mass is 16.3. The van der Waals surface area contributed by atoms with Crippen molar-refractivity contribution in [3.8, 4) is 0 Å². The number of hydrogen-bond acceptors (Lipinski definition) is 2. The SMILES string of the molecule is CC1(O)C=CC(O)C1. The summed E-state index contributed by atoms with van der Waals surface area (Å²) in [6.07, 6.45) is 3.23. The van der Waals surface area contributed by atoms with E-state index in [0.717, 1.165) is 0 Å². The minimum atomic E-state index is -0.764. The molecule has 2 N–H and O–H groups in total. The average Bonchev–Trinajstić information content (AvgIpc) is 1.82. The van der Waals surface area contributed by atoms with E-state index < -0.39 is 11.7 Å². The molecule has 0 saturated heterocycles. The summed E-state index contributed by atoms with van der Waals surface area (Å²) in [5, 5.41) is 17.9. The highest BCUT2D eigenvalue weighted by Gasteiger charge is 2.25. The fourth-order valence-electron chi connectivity index (χ4n) is 0.878. The summed E-state index contributed by atoms with van der Waals surface area (Å²) in [6, 6.07) is 0. The first-order valence-electron chi connectivity index (χ1n) is 2.70. The summed E-state index contributed by atoms with van der Waals surface area (Å²) in [5.41, 5.74) is -0.764. The van der Waals surface area contributed by atoms with E-state index in [4.69, 9.17) is 10.2 Å². The molecule has 0 saturated carbocycles. The molecule has 1 rings (SSSR count). The van der Waals surface area contributed by atoms with Crippen LogP contribution in [0.3, 0.4) is 0 Å². The molecule has 0 aromatic carbocycles. The second-order valence-corrected chi connectivity index (χ2v) is 2.49. The van der Waals surface area contributed by atoms with Gasteiger partial charge in [-0.1, -0.05) is 12.2 Å². The van der Waals surface area contributed by atoms with Crippen LogP contribution >= 0.6 is 0 Å². The van der Waals surface area contributed by atoms with Gasteiger partial charge >= 0.3 is 0 Å². The smallest absolute Gasteiger partial charge is 0.0828 e. The van der Waals surface area contributed by atoms with E-state index in [9.17, 15) is 0 Å². The summed E-state index contributed by atoms with van der Waals surface area (Å²) in [7, 11) is 0. The summed E-state index contributed by atoms with van der Waals surface area (Å²) >= 11 is 0. The van der Waals surface area contributed by atoms with Crippen molar-refractivity contribution >= 4 is 0 Å². The van der Waals surface area contributed by atoms with Gasteiger partial charge in [-0.25, -0.2) is 0 Å². The lowest BCUT2D eigenvalue weighted by molar-refractivity contribution is 0.0745. The normalized spacial score (nSPS) is 45.6. The van der Waals surface area contributed by atoms with Gasteiger partial charge in [-0.3, -0.25) is 0 Å². The van der Waals surface area contributed by atoms with Crippen molar-refractivity contribution in [2.45, 2.75) is 25.0 Å². The average molecular weight is 114 g/mol. The Balaban J connectivity index is 2.58. The summed E-state index contributed by atoms with van der Waals surface area (Å²) < 4.78 is 0. The Morgan fingerprint density at radius 3 is 2.50 bits per heavy atom. The molecule has 2 heteroatoms. The number of aliphatic hydroxyl groups is 2. The van der Waals surface area contributed by atoms with Crippen LogP contribution < -0.4 is 0 Å². The highest BCUT2D eigenvalue weighted by Crippen LogP contribution is 2.20. The van der Waals surface area contributed by atoms with E-state index in [0.29, 0.717) is 6.42 Å². The monoisotopic (exact) mass is 114 g/mol. The number of aliphatic hydroxyl groups excluding tert-OH is 1. The molecule has 2 unspecified atom stereocenters. The van der Waals surface area contributed by atoms with E-state index in [1.54, 1.807) is 19.1 Å². The van der Waals surface area contributed by atoms with Gasteiger partial charge < -0.3 is 10.2 Å². The molecule has 1 aliphatic rings. The van der Waals surface area contributed by atoms with Crippen molar-refractivity contribution in [2.24, 2.45) is 0 Å². The Morgan fingerprint density at radius 2 is 2.38 bits per heavy atom. The fourth-order valence-corrected chi connectivity index (χ4v) is 0.878. The quantitative estimate of drug-likeness (QED) is 0.437. The molecule has 0 heterocycles. The van der Waals surface area contributed by atoms with Crippen LogP contribution in [-0.4, -0.2) is 21.9 Å². The first-order chi connectivity index (χ1) is 3.60. The van der Waals surface area contributed by atoms with Crippen molar-refractivity contribution in [2.75, 3.05) is 0 Å². The molecule has 0 aliphatic heterocycles. The lowest BCUT2D eigenvalue weighted by Crippen LogP contribution is -2.19. The standard InChI is InChI=1S/C6H10O2/c1-6(8)3-2-5(7)4-6/h2-3,5,7-8H,4H2,1H3. The predicted octanol–water partition coefficient (Wildman–Crippen LogP) is 0.0582. The minimum absolute atomic E-state index is 0.438. The molecule has 0 amide bonds. The molecular formula is C6H10O2. The molecule has 0 bridgehead atoms. The zero-order valence-electron chi connectivity index (χ0n) is 4.83. The van der Waals surface area contributed by atoms with Crippen molar-refractivity contribution in [1.29, 1.82) is 0 Å². The van der Waals surface area contributed by atoms with E-state index in [1.165, 1.54) is 0 Å². The molecule has 0 aromatic rings. The van der Waals surface area contributed by atoms with Crippen molar-refractivity contribution in [3.63, 3.8) is 0 Å². The molecule has 0 fully saturated rings. The van der Waals surface area contributed by atoms with Gasteiger partial charge in [0.15, 0.2) is 0 Å². The number of rotatable bonds is 0. The second kappa shape index (κ2) is 1.57. The van der Waals surface area contributed by atoms with E-state index in [-0.39, 0.29) is 0 Å². The molecule has 0 aromatic heterocycles. The van der Waals surface area contributed by atoms with Gasteiger partial charge in [0, 0.05) is 6.42 Å². The Morgan fingerprint density at radius 1 is 1.75 bits per heavy atom. The fraction of sp³-hybridized carbons (Fsp3) is 0.667. The van der Waals surface area contributed by atoms with Crippen LogP contribution in [0.1, 0.15) is 13.3 Å². The Kier molecular flexibility index (Phi) is 1.14. The van der Waals surface area contributed by atoms with Gasteiger partial charge in [0.05, 0.1) is 11.7 Å². The lowest BCUT2D eigenvalue weighted by atomic mass is 10.1. The van der Waals surface area contributed by atoms with Gasteiger partial charge in [0.1, 0.15) is 0 Å². The predicted molar refractivity (Wildman–Crippen MR) is 30.4 cm³/mol. The van der Waals surface area contributed by atoms with Crippen molar-refractivity contribution in [3.05, 3.63) is 12.2 Å². The Labute approximate surface area is 48.5 Å². The van der Waals surface area contributed by atoms with Crippen molar-refractivity contribution < 1.29 is 10.2 Å². The third-order valence-corrected chi connectivity index (χ3v) is 1.30. The highest BCUT2D eigenvalue weighted by molar-refractivity contribution is 5.10. The largest absolute Gasteiger partial charge is 0.389 e. The van der Waals surface area contributed by atoms with Crippen LogP contribution in [0.25, 0.3) is 0 Å². The molecule has 8 heavy (non-hydrogen) atoms. The van der Waals surface area contributed by atoms with Crippen LogP contribution in [-0.2, 0) is 0 Å². The minimum Gasteiger partial charge on any atom is -0.389 e. The summed E-state index contributed by atoms with van der Waals surface area (Å²) in [6.45, 7) is 1.68. The van der Waals surface area contributed by atoms with Gasteiger partial charge in [-0.05, 0) is 6.92 Å². The Hall–Kier alpha value is -0.340. The van der Waals surface area contributed by atoms with Gasteiger partial charge in [-0.2, -0.15) is 0 Å². The van der Waals surface area contributed by atoms with E-state index in [1.807, 2.05) is 0 Å². The van der Waals surface area contributed by atoms with Gasteiger partial charge in [0.2, 0.25) is 0 Å². The third kappa shape index (κ3) is 1.08. The van der Waals surface area contributed by atoms with Gasteiger partial charge in [-0.15, -0.1) is 0 Å². The molecule has 0 radical (unpaired) electrons. The maximum Gasteiger partial charge on any atom is 0.0828 e. The lowest BCUT2D eigenvalue weighted by Gasteiger charge is -2.12. The van der Waals surface area contributed by atoms with Crippen LogP contribution in [0.5, 0.6) is 0 Å².